The third-order valence-electron chi connectivity index (χ3n) is 6.29. The van der Waals surface area contributed by atoms with Gasteiger partial charge in [0.05, 0.1) is 25.1 Å². The van der Waals surface area contributed by atoms with E-state index in [4.69, 9.17) is 10.5 Å². The maximum atomic E-state index is 12.5. The summed E-state index contributed by atoms with van der Waals surface area (Å²) in [5.41, 5.74) is 9.74. The molecule has 0 amide bonds. The second-order valence-corrected chi connectivity index (χ2v) is 11.4. The van der Waals surface area contributed by atoms with Crippen LogP contribution < -0.4 is 15.4 Å². The number of ether oxygens (including phenoxy) is 1. The van der Waals surface area contributed by atoms with Crippen molar-refractivity contribution in [2.75, 3.05) is 36.6 Å². The molecule has 2 heterocycles. The van der Waals surface area contributed by atoms with Crippen molar-refractivity contribution >= 4 is 27.3 Å². The maximum absolute atomic E-state index is 12.5. The van der Waals surface area contributed by atoms with Crippen LogP contribution in [0.15, 0.2) is 30.3 Å². The van der Waals surface area contributed by atoms with Crippen molar-refractivity contribution in [3.8, 4) is 5.88 Å². The second-order valence-electron chi connectivity index (χ2n) is 9.44. The number of sulfonamides is 1. The Labute approximate surface area is 202 Å². The van der Waals surface area contributed by atoms with E-state index in [1.165, 1.54) is 6.26 Å². The van der Waals surface area contributed by atoms with Gasteiger partial charge >= 0.3 is 0 Å². The van der Waals surface area contributed by atoms with Crippen LogP contribution in [0.5, 0.6) is 5.88 Å². The van der Waals surface area contributed by atoms with Gasteiger partial charge in [0.1, 0.15) is 5.82 Å². The van der Waals surface area contributed by atoms with Gasteiger partial charge in [-0.05, 0) is 36.3 Å². The summed E-state index contributed by atoms with van der Waals surface area (Å²) >= 11 is 0. The van der Waals surface area contributed by atoms with Crippen LogP contribution in [-0.2, 0) is 34.3 Å². The smallest absolute Gasteiger partial charge is 0.217 e. The fourth-order valence-electron chi connectivity index (χ4n) is 4.26. The van der Waals surface area contributed by atoms with Gasteiger partial charge in [0, 0.05) is 37.7 Å². The number of nitrogens with two attached hydrogens (primary N) is 1. The van der Waals surface area contributed by atoms with Crippen molar-refractivity contribution < 1.29 is 17.9 Å². The normalized spacial score (nSPS) is 16.1. The van der Waals surface area contributed by atoms with E-state index in [1.807, 2.05) is 35.2 Å². The summed E-state index contributed by atoms with van der Waals surface area (Å²) in [5, 5.41) is 0. The van der Waals surface area contributed by atoms with Crippen LogP contribution in [-0.4, -0.2) is 49.4 Å². The molecule has 1 aromatic heterocycles. The molecule has 0 atom stereocenters. The molecule has 1 aliphatic carbocycles. The molecule has 0 radical (unpaired) electrons. The van der Waals surface area contributed by atoms with Crippen LogP contribution >= 0.6 is 0 Å². The summed E-state index contributed by atoms with van der Waals surface area (Å²) in [4.78, 5) is 18.8. The zero-order valence-electron chi connectivity index (χ0n) is 20.0. The van der Waals surface area contributed by atoms with Gasteiger partial charge in [-0.3, -0.25) is 4.79 Å². The monoisotopic (exact) mass is 486 g/mol. The lowest BCUT2D eigenvalue weighted by Crippen LogP contribution is -2.36. The molecule has 2 N–H and O–H groups in total. The van der Waals surface area contributed by atoms with Gasteiger partial charge in [-0.25, -0.2) is 8.42 Å². The number of carbonyl (C=O) groups is 1. The summed E-state index contributed by atoms with van der Waals surface area (Å²) in [6.07, 6.45) is 5.68. The van der Waals surface area contributed by atoms with Crippen LogP contribution in [0.1, 0.15) is 49.3 Å². The van der Waals surface area contributed by atoms with Gasteiger partial charge in [0.15, 0.2) is 5.78 Å². The molecule has 34 heavy (non-hydrogen) atoms. The molecular formula is C25H34N4O4S. The van der Waals surface area contributed by atoms with E-state index in [1.54, 1.807) is 4.31 Å². The van der Waals surface area contributed by atoms with Crippen LogP contribution in [0.25, 0.3) is 0 Å². The Morgan fingerprint density at radius 3 is 2.71 bits per heavy atom. The predicted octanol–water partition coefficient (Wildman–Crippen LogP) is 3.15. The third kappa shape index (κ3) is 6.27. The first-order chi connectivity index (χ1) is 16.2. The van der Waals surface area contributed by atoms with E-state index in [0.29, 0.717) is 43.9 Å². The number of fused-ring (bicyclic) bond motifs is 1. The number of hydrogen-bond donors (Lipinski definition) is 1. The topological polar surface area (TPSA) is 106 Å². The molecule has 1 aliphatic heterocycles. The van der Waals surface area contributed by atoms with E-state index >= 15 is 0 Å². The molecule has 8 nitrogen and oxygen atoms in total. The Bertz CT molecular complexity index is 1150. The van der Waals surface area contributed by atoms with Crippen molar-refractivity contribution in [3.05, 3.63) is 47.0 Å². The lowest BCUT2D eigenvalue weighted by Gasteiger charge is -2.31. The first-order valence-corrected chi connectivity index (χ1v) is 13.8. The summed E-state index contributed by atoms with van der Waals surface area (Å²) in [5.74, 6) is 1.37. The minimum absolute atomic E-state index is 0.0875. The quantitative estimate of drug-likeness (QED) is 0.486. The van der Waals surface area contributed by atoms with Crippen molar-refractivity contribution in [2.45, 2.75) is 52.1 Å². The number of nitrogens with zero attached hydrogens (tertiary/aromatic N) is 3. The largest absolute Gasteiger partial charge is 0.478 e. The predicted molar refractivity (Wildman–Crippen MR) is 133 cm³/mol. The zero-order valence-corrected chi connectivity index (χ0v) is 20.8. The lowest BCUT2D eigenvalue weighted by atomic mass is 10.0. The highest BCUT2D eigenvalue weighted by atomic mass is 32.2. The Balaban J connectivity index is 1.54. The lowest BCUT2D eigenvalue weighted by molar-refractivity contribution is -0.117. The van der Waals surface area contributed by atoms with E-state index in [9.17, 15) is 13.2 Å². The molecule has 0 spiro atoms. The van der Waals surface area contributed by atoms with E-state index in [-0.39, 0.29) is 18.7 Å². The van der Waals surface area contributed by atoms with E-state index in [0.717, 1.165) is 48.1 Å². The molecule has 1 aromatic carbocycles. The Morgan fingerprint density at radius 2 is 2.00 bits per heavy atom. The number of ketones is 1. The molecule has 184 valence electrons. The molecule has 0 unspecified atom stereocenters. The Kier molecular flexibility index (Phi) is 7.42. The van der Waals surface area contributed by atoms with Gasteiger partial charge in [-0.1, -0.05) is 37.6 Å². The average molecular weight is 487 g/mol. The fraction of sp³-hybridized carbons (Fsp3) is 0.520. The van der Waals surface area contributed by atoms with Gasteiger partial charge in [0.2, 0.25) is 15.9 Å². The molecule has 2 aromatic rings. The highest BCUT2D eigenvalue weighted by Gasteiger charge is 2.29. The molecule has 2 aliphatic rings. The number of rotatable bonds is 11. The zero-order chi connectivity index (χ0) is 24.3. The van der Waals surface area contributed by atoms with E-state index in [2.05, 4.69) is 11.9 Å². The average Bonchev–Trinajstić information content (AvgIpc) is 3.58. The number of anilines is 2. The molecule has 0 bridgehead atoms. The highest BCUT2D eigenvalue weighted by Crippen LogP contribution is 2.34. The minimum atomic E-state index is -3.28. The molecule has 0 saturated heterocycles. The minimum Gasteiger partial charge on any atom is -0.478 e. The van der Waals surface area contributed by atoms with Gasteiger partial charge < -0.3 is 15.4 Å². The Morgan fingerprint density at radius 1 is 1.24 bits per heavy atom. The number of unbranched alkanes of at least 4 members (excludes halogenated alkanes) is 1. The van der Waals surface area contributed by atoms with Crippen LogP contribution in [0, 0.1) is 5.92 Å². The van der Waals surface area contributed by atoms with Crippen molar-refractivity contribution in [3.63, 3.8) is 0 Å². The molecule has 9 heteroatoms. The molecule has 1 fully saturated rings. The maximum Gasteiger partial charge on any atom is 0.217 e. The van der Waals surface area contributed by atoms with Crippen LogP contribution in [0.3, 0.4) is 0 Å². The number of hydrogen-bond acceptors (Lipinski definition) is 7. The summed E-state index contributed by atoms with van der Waals surface area (Å²) < 4.78 is 31.9. The SMILES string of the molecule is CCCCOc1cc2c(c(N)n1)CC(=O)CN2Cc1cccc(CN(CC2CC2)S(C)(=O)=O)c1. The number of nitrogen functional groups attached to an aromatic ring is 1. The van der Waals surface area contributed by atoms with Crippen molar-refractivity contribution in [1.82, 2.24) is 9.29 Å². The molecule has 1 saturated carbocycles. The summed E-state index contributed by atoms with van der Waals surface area (Å²) in [6.45, 7) is 4.38. The summed E-state index contributed by atoms with van der Waals surface area (Å²) in [7, 11) is -3.28. The first kappa shape index (κ1) is 24.5. The van der Waals surface area contributed by atoms with Crippen molar-refractivity contribution in [1.29, 1.82) is 0 Å². The number of benzene rings is 1. The fourth-order valence-corrected chi connectivity index (χ4v) is 5.13. The highest BCUT2D eigenvalue weighted by molar-refractivity contribution is 7.88. The Hall–Kier alpha value is -2.65. The second kappa shape index (κ2) is 10.3. The van der Waals surface area contributed by atoms with Gasteiger partial charge in [-0.2, -0.15) is 9.29 Å². The van der Waals surface area contributed by atoms with Crippen LogP contribution in [0.2, 0.25) is 0 Å². The summed E-state index contributed by atoms with van der Waals surface area (Å²) in [6, 6.07) is 9.78. The number of pyridine rings is 1. The number of Topliss-reactive ketones (excluding diaryl/α,β-unsaturated/α-hetero) is 1. The van der Waals surface area contributed by atoms with E-state index < -0.39 is 10.0 Å². The van der Waals surface area contributed by atoms with Crippen molar-refractivity contribution in [2.24, 2.45) is 5.92 Å². The molecule has 4 rings (SSSR count). The van der Waals surface area contributed by atoms with Gasteiger partial charge in [-0.15, -0.1) is 0 Å². The van der Waals surface area contributed by atoms with Gasteiger partial charge in [0.25, 0.3) is 0 Å². The number of carbonyl (C=O) groups excluding carboxylic acids is 1. The number of aromatic nitrogens is 1. The first-order valence-electron chi connectivity index (χ1n) is 11.9. The standard InChI is InChI=1S/C25H34N4O4S/c1-3-4-10-33-24-13-23-22(25(26)27-24)12-21(30)17-28(23)14-19-6-5-7-20(11-19)16-29(34(2,31)32)15-18-8-9-18/h5-7,11,13,18H,3-4,8-10,12,14-17H2,1-2H3,(H2,26,27). The van der Waals surface area contributed by atoms with Crippen LogP contribution in [0.4, 0.5) is 11.5 Å². The third-order valence-corrected chi connectivity index (χ3v) is 7.51. The molecular weight excluding hydrogens is 452 g/mol.